The average Bonchev–Trinajstić information content (AvgIpc) is 2.80. The summed E-state index contributed by atoms with van der Waals surface area (Å²) in [6.45, 7) is 5.60. The van der Waals surface area contributed by atoms with E-state index in [1.807, 2.05) is 30.3 Å². The van der Waals surface area contributed by atoms with Gasteiger partial charge in [0.25, 0.3) is 5.91 Å². The van der Waals surface area contributed by atoms with E-state index < -0.39 is 11.5 Å². The third-order valence-corrected chi connectivity index (χ3v) is 5.89. The second-order valence-electron chi connectivity index (χ2n) is 8.75. The first-order chi connectivity index (χ1) is 15.4. The molecule has 0 saturated heterocycles. The first-order valence-electron chi connectivity index (χ1n) is 11.0. The summed E-state index contributed by atoms with van der Waals surface area (Å²) in [7, 11) is 0. The van der Waals surface area contributed by atoms with Crippen LogP contribution in [0.1, 0.15) is 30.5 Å². The van der Waals surface area contributed by atoms with E-state index in [1.165, 1.54) is 11.1 Å². The van der Waals surface area contributed by atoms with Gasteiger partial charge in [-0.2, -0.15) is 0 Å². The van der Waals surface area contributed by atoms with Crippen molar-refractivity contribution in [2.75, 3.05) is 6.61 Å². The third-order valence-electron chi connectivity index (χ3n) is 5.89. The van der Waals surface area contributed by atoms with Crippen LogP contribution >= 0.6 is 0 Å². The van der Waals surface area contributed by atoms with Crippen LogP contribution in [0, 0.1) is 0 Å². The van der Waals surface area contributed by atoms with Crippen molar-refractivity contribution in [1.82, 2.24) is 4.90 Å². The molecular formula is C27H30N2O3. The minimum Gasteiger partial charge on any atom is -0.492 e. The summed E-state index contributed by atoms with van der Waals surface area (Å²) >= 11 is 0. The molecule has 4 rings (SSSR count). The lowest BCUT2D eigenvalue weighted by Crippen LogP contribution is -2.45. The van der Waals surface area contributed by atoms with Gasteiger partial charge in [-0.25, -0.2) is 0 Å². The number of carbonyl (C=O) groups excluding carboxylic acids is 1. The number of primary amides is 1. The van der Waals surface area contributed by atoms with E-state index in [0.29, 0.717) is 12.4 Å². The van der Waals surface area contributed by atoms with Gasteiger partial charge in [0.1, 0.15) is 18.1 Å². The van der Waals surface area contributed by atoms with Crippen LogP contribution in [0.5, 0.6) is 11.5 Å². The molecule has 3 aromatic rings. The van der Waals surface area contributed by atoms with Crippen molar-refractivity contribution in [3.05, 3.63) is 95.6 Å². The van der Waals surface area contributed by atoms with Crippen LogP contribution in [-0.2, 0) is 24.3 Å². The lowest BCUT2D eigenvalue weighted by atomic mass is 9.98. The molecule has 5 heteroatoms. The van der Waals surface area contributed by atoms with E-state index in [-0.39, 0.29) is 6.04 Å². The molecule has 0 spiro atoms. The van der Waals surface area contributed by atoms with Crippen LogP contribution in [0.2, 0.25) is 0 Å². The van der Waals surface area contributed by atoms with Crippen molar-refractivity contribution < 1.29 is 14.3 Å². The second kappa shape index (κ2) is 9.45. The Kier molecular flexibility index (Phi) is 6.47. The Hall–Kier alpha value is -3.31. The first-order valence-corrected chi connectivity index (χ1v) is 11.0. The highest BCUT2D eigenvalue weighted by molar-refractivity contribution is 5.83. The highest BCUT2D eigenvalue weighted by atomic mass is 16.5. The zero-order valence-corrected chi connectivity index (χ0v) is 18.7. The van der Waals surface area contributed by atoms with Gasteiger partial charge in [0, 0.05) is 24.7 Å². The molecule has 1 aliphatic rings. The molecule has 0 fully saturated rings. The molecule has 3 aromatic carbocycles. The summed E-state index contributed by atoms with van der Waals surface area (Å²) in [5, 5.41) is 0. The fourth-order valence-corrected chi connectivity index (χ4v) is 3.97. The van der Waals surface area contributed by atoms with E-state index in [2.05, 4.69) is 53.4 Å². The zero-order valence-electron chi connectivity index (χ0n) is 18.7. The number of nitrogens with two attached hydrogens (primary N) is 1. The van der Waals surface area contributed by atoms with Crippen LogP contribution in [0.4, 0.5) is 0 Å². The zero-order chi connectivity index (χ0) is 22.6. The number of hydrogen-bond donors (Lipinski definition) is 1. The molecule has 32 heavy (non-hydrogen) atoms. The summed E-state index contributed by atoms with van der Waals surface area (Å²) in [5.74, 6) is 0.951. The molecule has 1 heterocycles. The van der Waals surface area contributed by atoms with Crippen molar-refractivity contribution in [2.45, 2.75) is 45.0 Å². The summed E-state index contributed by atoms with van der Waals surface area (Å²) in [5.41, 5.74) is 7.93. The number of nitrogens with zero attached hydrogens (tertiary/aromatic N) is 1. The lowest BCUT2D eigenvalue weighted by molar-refractivity contribution is -0.130. The lowest BCUT2D eigenvalue weighted by Gasteiger charge is -2.36. The first kappa shape index (κ1) is 21.9. The van der Waals surface area contributed by atoms with E-state index in [9.17, 15) is 4.79 Å². The van der Waals surface area contributed by atoms with Crippen LogP contribution in [0.15, 0.2) is 78.9 Å². The molecule has 2 N–H and O–H groups in total. The maximum atomic E-state index is 11.8. The number of fused-ring (bicyclic) bond motifs is 1. The van der Waals surface area contributed by atoms with Gasteiger partial charge in [-0.3, -0.25) is 9.69 Å². The Bertz CT molecular complexity index is 1010. The molecule has 0 bridgehead atoms. The quantitative estimate of drug-likeness (QED) is 0.578. The summed E-state index contributed by atoms with van der Waals surface area (Å²) < 4.78 is 12.2. The maximum absolute atomic E-state index is 11.8. The number of carbonyl (C=O) groups is 1. The Morgan fingerprint density at radius 2 is 1.56 bits per heavy atom. The van der Waals surface area contributed by atoms with Gasteiger partial charge in [-0.15, -0.1) is 0 Å². The molecule has 1 atom stereocenters. The topological polar surface area (TPSA) is 64.8 Å². The fraction of sp³-hybridized carbons (Fsp3) is 0.296. The Balaban J connectivity index is 1.61. The number of rotatable bonds is 8. The summed E-state index contributed by atoms with van der Waals surface area (Å²) in [6, 6.07) is 26.8. The molecular weight excluding hydrogens is 400 g/mol. The molecule has 1 aliphatic heterocycles. The number of amides is 1. The predicted octanol–water partition coefficient (Wildman–Crippen LogP) is 4.34. The molecule has 0 saturated carbocycles. The van der Waals surface area contributed by atoms with Gasteiger partial charge in [0.05, 0.1) is 0 Å². The van der Waals surface area contributed by atoms with Crippen molar-refractivity contribution in [2.24, 2.45) is 5.73 Å². The summed E-state index contributed by atoms with van der Waals surface area (Å²) in [6.07, 6.45) is 0.764. The molecule has 5 nitrogen and oxygen atoms in total. The van der Waals surface area contributed by atoms with Gasteiger partial charge in [0.2, 0.25) is 0 Å². The predicted molar refractivity (Wildman–Crippen MR) is 125 cm³/mol. The maximum Gasteiger partial charge on any atom is 0.261 e. The smallest absolute Gasteiger partial charge is 0.261 e. The van der Waals surface area contributed by atoms with Crippen molar-refractivity contribution in [3.63, 3.8) is 0 Å². The Labute approximate surface area is 189 Å². The van der Waals surface area contributed by atoms with Crippen LogP contribution < -0.4 is 15.2 Å². The van der Waals surface area contributed by atoms with E-state index in [1.54, 1.807) is 13.8 Å². The molecule has 166 valence electrons. The second-order valence-corrected chi connectivity index (χ2v) is 8.75. The highest BCUT2D eigenvalue weighted by Crippen LogP contribution is 2.36. The number of benzene rings is 3. The minimum absolute atomic E-state index is 0.157. The SMILES string of the molecule is CC(C)(Oc1cccc2c1CC(N(Cc1ccccc1)Cc1ccccc1)CO2)C(N)=O. The number of ether oxygens (including phenoxy) is 2. The van der Waals surface area contributed by atoms with E-state index >= 15 is 0 Å². The van der Waals surface area contributed by atoms with Crippen molar-refractivity contribution in [1.29, 1.82) is 0 Å². The fourth-order valence-electron chi connectivity index (χ4n) is 3.97. The van der Waals surface area contributed by atoms with Gasteiger partial charge in [0.15, 0.2) is 5.60 Å². The Morgan fingerprint density at radius 3 is 2.12 bits per heavy atom. The van der Waals surface area contributed by atoms with Crippen LogP contribution in [0.3, 0.4) is 0 Å². The molecule has 1 unspecified atom stereocenters. The molecule has 0 aromatic heterocycles. The van der Waals surface area contributed by atoms with E-state index in [0.717, 1.165) is 30.8 Å². The molecule has 0 radical (unpaired) electrons. The average molecular weight is 431 g/mol. The normalized spacial score (nSPS) is 15.7. The van der Waals surface area contributed by atoms with Gasteiger partial charge >= 0.3 is 0 Å². The largest absolute Gasteiger partial charge is 0.492 e. The van der Waals surface area contributed by atoms with E-state index in [4.69, 9.17) is 15.2 Å². The minimum atomic E-state index is -1.10. The van der Waals surface area contributed by atoms with Crippen LogP contribution in [-0.4, -0.2) is 29.1 Å². The molecule has 0 aliphatic carbocycles. The third kappa shape index (κ3) is 5.11. The van der Waals surface area contributed by atoms with Crippen LogP contribution in [0.25, 0.3) is 0 Å². The Morgan fingerprint density at radius 1 is 0.969 bits per heavy atom. The highest BCUT2D eigenvalue weighted by Gasteiger charge is 2.32. The van der Waals surface area contributed by atoms with Gasteiger partial charge < -0.3 is 15.2 Å². The summed E-state index contributed by atoms with van der Waals surface area (Å²) in [4.78, 5) is 14.3. The van der Waals surface area contributed by atoms with Crippen molar-refractivity contribution in [3.8, 4) is 11.5 Å². The van der Waals surface area contributed by atoms with Gasteiger partial charge in [-0.1, -0.05) is 66.7 Å². The van der Waals surface area contributed by atoms with Gasteiger partial charge in [-0.05, 0) is 43.5 Å². The molecule has 1 amide bonds. The standard InChI is InChI=1S/C27H30N2O3/c1-27(2,26(28)30)32-25-15-9-14-24-23(25)16-22(19-31-24)29(17-20-10-5-3-6-11-20)18-21-12-7-4-8-13-21/h3-15,22H,16-19H2,1-2H3,(H2,28,30). The number of hydrogen-bond acceptors (Lipinski definition) is 4. The van der Waals surface area contributed by atoms with Crippen molar-refractivity contribution >= 4 is 5.91 Å². The monoisotopic (exact) mass is 430 g/mol.